The third kappa shape index (κ3) is 70.9. The molecule has 0 aromatic rings. The van der Waals surface area contributed by atoms with Crippen LogP contribution in [0.15, 0.2) is 0 Å². The maximum Gasteiger partial charge on any atom is 0.472 e. The fourth-order valence-corrected chi connectivity index (χ4v) is 13.6. The first-order chi connectivity index (χ1) is 47.1. The highest BCUT2D eigenvalue weighted by Gasteiger charge is 2.30. The molecule has 0 radical (unpaired) electrons. The Hall–Kier alpha value is -1.94. The van der Waals surface area contributed by atoms with Crippen molar-refractivity contribution >= 4 is 39.5 Å². The molecule has 0 fully saturated rings. The minimum atomic E-state index is -4.96. The van der Waals surface area contributed by atoms with Crippen molar-refractivity contribution in [1.29, 1.82) is 0 Å². The van der Waals surface area contributed by atoms with Gasteiger partial charge in [0.25, 0.3) is 0 Å². The monoisotopic (exact) mass is 1420 g/mol. The number of phosphoric acid groups is 2. The van der Waals surface area contributed by atoms with Gasteiger partial charge in [0.1, 0.15) is 19.3 Å². The first-order valence-corrected chi connectivity index (χ1v) is 43.7. The molecule has 6 atom stereocenters. The number of aliphatic hydroxyl groups excluding tert-OH is 1. The predicted molar refractivity (Wildman–Crippen MR) is 395 cm³/mol. The first kappa shape index (κ1) is 95.1. The van der Waals surface area contributed by atoms with E-state index in [2.05, 4.69) is 34.6 Å². The second kappa shape index (κ2) is 71.1. The van der Waals surface area contributed by atoms with Crippen LogP contribution in [-0.4, -0.2) is 96.7 Å². The topological polar surface area (TPSA) is 237 Å². The lowest BCUT2D eigenvalue weighted by atomic mass is 9.99. The van der Waals surface area contributed by atoms with Gasteiger partial charge in [0.2, 0.25) is 0 Å². The van der Waals surface area contributed by atoms with Crippen molar-refractivity contribution < 1.29 is 80.2 Å². The van der Waals surface area contributed by atoms with Gasteiger partial charge in [-0.2, -0.15) is 0 Å². The van der Waals surface area contributed by atoms with E-state index in [4.69, 9.17) is 37.0 Å². The Morgan fingerprint density at radius 1 is 0.289 bits per heavy atom. The molecular formula is C78H152O17P2. The van der Waals surface area contributed by atoms with E-state index in [1.165, 1.54) is 238 Å². The Morgan fingerprint density at radius 3 is 0.732 bits per heavy atom. The van der Waals surface area contributed by atoms with Crippen LogP contribution in [0.5, 0.6) is 0 Å². The number of phosphoric ester groups is 2. The zero-order valence-electron chi connectivity index (χ0n) is 63.2. The number of rotatable bonds is 78. The van der Waals surface area contributed by atoms with Crippen LogP contribution in [0.3, 0.4) is 0 Å². The van der Waals surface area contributed by atoms with Crippen molar-refractivity contribution in [3.8, 4) is 0 Å². The molecule has 0 aromatic carbocycles. The molecule has 97 heavy (non-hydrogen) atoms. The van der Waals surface area contributed by atoms with E-state index in [1.54, 1.807) is 0 Å². The molecule has 0 aliphatic heterocycles. The fourth-order valence-electron chi connectivity index (χ4n) is 12.0. The average Bonchev–Trinajstić information content (AvgIpc) is 1.86. The number of unbranched alkanes of at least 4 members (excludes halogenated alkanes) is 49. The van der Waals surface area contributed by atoms with Gasteiger partial charge in [-0.25, -0.2) is 9.13 Å². The maximum atomic E-state index is 13.1. The minimum Gasteiger partial charge on any atom is -0.462 e. The van der Waals surface area contributed by atoms with Crippen molar-refractivity contribution in [3.63, 3.8) is 0 Å². The highest BCUT2D eigenvalue weighted by Crippen LogP contribution is 2.45. The van der Waals surface area contributed by atoms with Crippen LogP contribution in [0.4, 0.5) is 0 Å². The van der Waals surface area contributed by atoms with Gasteiger partial charge in [-0.05, 0) is 31.6 Å². The number of carbonyl (C=O) groups is 4. The highest BCUT2D eigenvalue weighted by molar-refractivity contribution is 7.47. The van der Waals surface area contributed by atoms with Crippen LogP contribution >= 0.6 is 15.6 Å². The van der Waals surface area contributed by atoms with Gasteiger partial charge in [-0.15, -0.1) is 0 Å². The van der Waals surface area contributed by atoms with E-state index >= 15 is 0 Å². The maximum absolute atomic E-state index is 13.1. The molecule has 3 N–H and O–H groups in total. The van der Waals surface area contributed by atoms with E-state index in [0.717, 1.165) is 95.8 Å². The van der Waals surface area contributed by atoms with Gasteiger partial charge in [0, 0.05) is 25.7 Å². The van der Waals surface area contributed by atoms with Crippen molar-refractivity contribution in [2.45, 2.75) is 432 Å². The Morgan fingerprint density at radius 2 is 0.495 bits per heavy atom. The average molecular weight is 1420 g/mol. The Labute approximate surface area is 594 Å². The molecule has 3 unspecified atom stereocenters. The molecule has 0 aromatic heterocycles. The van der Waals surface area contributed by atoms with Gasteiger partial charge in [0.05, 0.1) is 26.4 Å². The molecule has 0 amide bonds. The smallest absolute Gasteiger partial charge is 0.462 e. The normalized spacial score (nSPS) is 14.2. The summed E-state index contributed by atoms with van der Waals surface area (Å²) < 4.78 is 68.6. The lowest BCUT2D eigenvalue weighted by molar-refractivity contribution is -0.161. The predicted octanol–water partition coefficient (Wildman–Crippen LogP) is 23.3. The van der Waals surface area contributed by atoms with E-state index < -0.39 is 97.5 Å². The summed E-state index contributed by atoms with van der Waals surface area (Å²) in [7, 11) is -9.91. The Bertz CT molecular complexity index is 1860. The summed E-state index contributed by atoms with van der Waals surface area (Å²) in [5, 5.41) is 10.6. The number of ether oxygens (including phenoxy) is 4. The van der Waals surface area contributed by atoms with E-state index in [-0.39, 0.29) is 25.7 Å². The quantitative estimate of drug-likeness (QED) is 0.0222. The Balaban J connectivity index is 5.23. The van der Waals surface area contributed by atoms with Crippen LogP contribution in [0, 0.1) is 5.92 Å². The summed E-state index contributed by atoms with van der Waals surface area (Å²) in [4.78, 5) is 72.9. The highest BCUT2D eigenvalue weighted by atomic mass is 31.2. The van der Waals surface area contributed by atoms with Gasteiger partial charge in [-0.3, -0.25) is 37.3 Å². The number of hydrogen-bond donors (Lipinski definition) is 3. The molecule has 19 heteroatoms. The lowest BCUT2D eigenvalue weighted by Gasteiger charge is -2.21. The van der Waals surface area contributed by atoms with Gasteiger partial charge < -0.3 is 33.8 Å². The number of carbonyl (C=O) groups excluding carboxylic acids is 4. The molecular weight excluding hydrogens is 1270 g/mol. The van der Waals surface area contributed by atoms with E-state index in [9.17, 15) is 43.2 Å². The SMILES string of the molecule is CCCCCCCCCCCCCCCCCCCCCC(=O)O[C@H](COC(=O)CCCCCCCCCCCCC(C)CC)COP(=O)(O)OC[C@@H](O)COP(=O)(O)OC[C@@H](COC(=O)CCCCCCCCCCCC)OC(=O)CCCCCCCCCCCCCCCC. The molecule has 0 spiro atoms. The van der Waals surface area contributed by atoms with Gasteiger partial charge in [-0.1, -0.05) is 362 Å². The molecule has 17 nitrogen and oxygen atoms in total. The largest absolute Gasteiger partial charge is 0.472 e. The van der Waals surface area contributed by atoms with Crippen LogP contribution in [-0.2, 0) is 65.4 Å². The molecule has 576 valence electrons. The molecule has 0 saturated heterocycles. The van der Waals surface area contributed by atoms with Crippen molar-refractivity contribution in [1.82, 2.24) is 0 Å². The molecule has 0 saturated carbocycles. The standard InChI is InChI=1S/C78H152O17P2/c1-6-10-13-16-19-22-25-27-29-30-31-32-33-35-37-44-49-54-59-64-78(83)95-74(68-89-76(81)62-57-52-47-42-39-38-40-45-50-55-60-71(5)9-4)70-93-97(86,87)91-66-72(79)65-90-96(84,85)92-69-73(67-88-75(80)61-56-51-46-41-24-21-18-15-12-8-3)94-77(82)63-58-53-48-43-36-34-28-26-23-20-17-14-11-7-2/h71-74,79H,6-70H2,1-5H3,(H,84,85)(H,86,87)/t71?,72-,73+,74+/m0/s1. The van der Waals surface area contributed by atoms with E-state index in [1.807, 2.05) is 0 Å². The number of aliphatic hydroxyl groups is 1. The first-order valence-electron chi connectivity index (χ1n) is 40.7. The third-order valence-electron chi connectivity index (χ3n) is 18.6. The summed E-state index contributed by atoms with van der Waals surface area (Å²) >= 11 is 0. The van der Waals surface area contributed by atoms with Crippen LogP contribution < -0.4 is 0 Å². The van der Waals surface area contributed by atoms with Gasteiger partial charge >= 0.3 is 39.5 Å². The molecule has 0 aliphatic carbocycles. The zero-order chi connectivity index (χ0) is 71.2. The molecule has 0 rings (SSSR count). The second-order valence-electron chi connectivity index (χ2n) is 28.3. The molecule has 0 aliphatic rings. The summed E-state index contributed by atoms with van der Waals surface area (Å²) in [5.74, 6) is -1.30. The fraction of sp³-hybridized carbons (Fsp3) is 0.949. The van der Waals surface area contributed by atoms with Crippen molar-refractivity contribution in [2.75, 3.05) is 39.6 Å². The third-order valence-corrected chi connectivity index (χ3v) is 20.5. The van der Waals surface area contributed by atoms with Crippen LogP contribution in [0.25, 0.3) is 0 Å². The second-order valence-corrected chi connectivity index (χ2v) is 31.3. The van der Waals surface area contributed by atoms with Gasteiger partial charge in [0.15, 0.2) is 12.2 Å². The van der Waals surface area contributed by atoms with Crippen molar-refractivity contribution in [3.05, 3.63) is 0 Å². The van der Waals surface area contributed by atoms with Crippen LogP contribution in [0.1, 0.15) is 413 Å². The Kier molecular flexibility index (Phi) is 69.6. The summed E-state index contributed by atoms with van der Waals surface area (Å²) in [6.07, 6.45) is 60.9. The van der Waals surface area contributed by atoms with Crippen molar-refractivity contribution in [2.24, 2.45) is 5.92 Å². The van der Waals surface area contributed by atoms with Crippen LogP contribution in [0.2, 0.25) is 0 Å². The minimum absolute atomic E-state index is 0.108. The summed E-state index contributed by atoms with van der Waals surface area (Å²) in [6, 6.07) is 0. The molecule has 0 bridgehead atoms. The van der Waals surface area contributed by atoms with E-state index in [0.29, 0.717) is 25.7 Å². The lowest BCUT2D eigenvalue weighted by Crippen LogP contribution is -2.30. The number of hydrogen-bond acceptors (Lipinski definition) is 15. The summed E-state index contributed by atoms with van der Waals surface area (Å²) in [5.41, 5.74) is 0. The number of esters is 4. The zero-order valence-corrected chi connectivity index (χ0v) is 65.0. The molecule has 0 heterocycles. The summed E-state index contributed by atoms with van der Waals surface area (Å²) in [6.45, 7) is 7.33.